The molecule has 1 heteroatoms. The fourth-order valence-corrected chi connectivity index (χ4v) is 2.87. The van der Waals surface area contributed by atoms with Crippen molar-refractivity contribution in [3.63, 3.8) is 0 Å². The van der Waals surface area contributed by atoms with E-state index in [9.17, 15) is 0 Å². The Balaban J connectivity index is 2.12. The van der Waals surface area contributed by atoms with Crippen molar-refractivity contribution in [1.29, 1.82) is 0 Å². The third-order valence-electron chi connectivity index (χ3n) is 3.87. The summed E-state index contributed by atoms with van der Waals surface area (Å²) in [5, 5.41) is 3.65. The van der Waals surface area contributed by atoms with Gasteiger partial charge < -0.3 is 5.32 Å². The van der Waals surface area contributed by atoms with Gasteiger partial charge >= 0.3 is 0 Å². The summed E-state index contributed by atoms with van der Waals surface area (Å²) < 4.78 is 0. The Morgan fingerprint density at radius 2 is 2.06 bits per heavy atom. The van der Waals surface area contributed by atoms with Gasteiger partial charge in [-0.05, 0) is 56.7 Å². The van der Waals surface area contributed by atoms with Crippen LogP contribution in [0.3, 0.4) is 0 Å². The first-order valence-electron chi connectivity index (χ1n) is 7.28. The van der Waals surface area contributed by atoms with Gasteiger partial charge in [0.15, 0.2) is 0 Å². The van der Waals surface area contributed by atoms with Crippen LogP contribution in [0, 0.1) is 6.92 Å². The van der Waals surface area contributed by atoms with Gasteiger partial charge in [-0.3, -0.25) is 0 Å². The second-order valence-corrected chi connectivity index (χ2v) is 5.28. The quantitative estimate of drug-likeness (QED) is 0.749. The van der Waals surface area contributed by atoms with Crippen molar-refractivity contribution < 1.29 is 0 Å². The molecule has 98 valence electrons. The normalized spacial score (nSPS) is 17.3. The molecule has 0 radical (unpaired) electrons. The number of benzene rings is 1. The van der Waals surface area contributed by atoms with E-state index in [1.165, 1.54) is 43.2 Å². The summed E-state index contributed by atoms with van der Waals surface area (Å²) in [6.07, 6.45) is 8.97. The van der Waals surface area contributed by atoms with Gasteiger partial charge in [-0.1, -0.05) is 42.8 Å². The molecule has 0 heterocycles. The van der Waals surface area contributed by atoms with Crippen molar-refractivity contribution in [3.05, 3.63) is 47.0 Å². The molecular formula is C17H25N. The first kappa shape index (κ1) is 13.4. The molecule has 0 bridgehead atoms. The minimum absolute atomic E-state index is 0.487. The molecule has 0 amide bonds. The molecule has 1 aliphatic carbocycles. The molecule has 1 aliphatic rings. The largest absolute Gasteiger partial charge is 0.310 e. The van der Waals surface area contributed by atoms with Crippen molar-refractivity contribution in [2.75, 3.05) is 6.54 Å². The molecular weight excluding hydrogens is 218 g/mol. The molecule has 1 nitrogen and oxygen atoms in total. The highest BCUT2D eigenvalue weighted by molar-refractivity contribution is 5.30. The summed E-state index contributed by atoms with van der Waals surface area (Å²) in [7, 11) is 0. The van der Waals surface area contributed by atoms with Crippen molar-refractivity contribution in [2.24, 2.45) is 0 Å². The van der Waals surface area contributed by atoms with Gasteiger partial charge in [-0.15, -0.1) is 0 Å². The molecule has 0 saturated carbocycles. The van der Waals surface area contributed by atoms with Gasteiger partial charge in [0, 0.05) is 6.04 Å². The molecule has 18 heavy (non-hydrogen) atoms. The second-order valence-electron chi connectivity index (χ2n) is 5.28. The van der Waals surface area contributed by atoms with Crippen LogP contribution in [-0.4, -0.2) is 6.54 Å². The van der Waals surface area contributed by atoms with Crippen LogP contribution in [0.25, 0.3) is 0 Å². The summed E-state index contributed by atoms with van der Waals surface area (Å²) in [5.41, 5.74) is 4.51. The average molecular weight is 243 g/mol. The first-order valence-corrected chi connectivity index (χ1v) is 7.28. The Kier molecular flexibility index (Phi) is 5.00. The molecule has 2 rings (SSSR count). The Morgan fingerprint density at radius 1 is 1.22 bits per heavy atom. The van der Waals surface area contributed by atoms with E-state index in [4.69, 9.17) is 0 Å². The monoisotopic (exact) mass is 243 g/mol. The highest BCUT2D eigenvalue weighted by Crippen LogP contribution is 2.28. The minimum atomic E-state index is 0.487. The summed E-state index contributed by atoms with van der Waals surface area (Å²) in [5.74, 6) is 0. The zero-order valence-electron chi connectivity index (χ0n) is 11.7. The molecule has 0 fully saturated rings. The summed E-state index contributed by atoms with van der Waals surface area (Å²) in [6, 6.07) is 9.26. The highest BCUT2D eigenvalue weighted by Gasteiger charge is 2.15. The van der Waals surface area contributed by atoms with Crippen molar-refractivity contribution in [2.45, 2.75) is 52.0 Å². The van der Waals surface area contributed by atoms with Gasteiger partial charge in [0.2, 0.25) is 0 Å². The lowest BCUT2D eigenvalue weighted by molar-refractivity contribution is 0.525. The fraction of sp³-hybridized carbons (Fsp3) is 0.529. The molecule has 0 aliphatic heterocycles. The highest BCUT2D eigenvalue weighted by atomic mass is 14.9. The smallest absolute Gasteiger partial charge is 0.0360 e. The van der Waals surface area contributed by atoms with Crippen LogP contribution < -0.4 is 5.32 Å². The van der Waals surface area contributed by atoms with Gasteiger partial charge in [0.25, 0.3) is 0 Å². The third kappa shape index (κ3) is 3.46. The molecule has 1 aromatic carbocycles. The van der Waals surface area contributed by atoms with E-state index in [-0.39, 0.29) is 0 Å². The molecule has 0 aromatic heterocycles. The number of hydrogen-bond acceptors (Lipinski definition) is 1. The first-order chi connectivity index (χ1) is 8.81. The van der Waals surface area contributed by atoms with Crippen molar-refractivity contribution in [1.82, 2.24) is 5.32 Å². The lowest BCUT2D eigenvalue weighted by atomic mass is 9.90. The van der Waals surface area contributed by atoms with Gasteiger partial charge in [-0.2, -0.15) is 0 Å². The number of aryl methyl sites for hydroxylation is 1. The van der Waals surface area contributed by atoms with E-state index in [1.54, 1.807) is 5.57 Å². The van der Waals surface area contributed by atoms with Crippen LogP contribution in [0.5, 0.6) is 0 Å². The number of nitrogens with one attached hydrogen (secondary N) is 1. The van der Waals surface area contributed by atoms with Crippen LogP contribution in [0.15, 0.2) is 35.9 Å². The fourth-order valence-electron chi connectivity index (χ4n) is 2.87. The molecule has 1 N–H and O–H groups in total. The van der Waals surface area contributed by atoms with Gasteiger partial charge in [-0.25, -0.2) is 0 Å². The predicted octanol–water partition coefficient (Wildman–Crippen LogP) is 4.54. The number of rotatable bonds is 5. The lowest BCUT2D eigenvalue weighted by Crippen LogP contribution is -2.22. The van der Waals surface area contributed by atoms with Crippen LogP contribution >= 0.6 is 0 Å². The van der Waals surface area contributed by atoms with E-state index in [0.29, 0.717) is 6.04 Å². The second kappa shape index (κ2) is 6.75. The minimum Gasteiger partial charge on any atom is -0.310 e. The molecule has 1 aromatic rings. The average Bonchev–Trinajstić information content (AvgIpc) is 2.40. The van der Waals surface area contributed by atoms with E-state index in [1.807, 2.05) is 0 Å². The molecule has 1 atom stereocenters. The Morgan fingerprint density at radius 3 is 2.72 bits per heavy atom. The zero-order valence-corrected chi connectivity index (χ0v) is 11.7. The van der Waals surface area contributed by atoms with Crippen LogP contribution in [0.2, 0.25) is 0 Å². The predicted molar refractivity (Wildman–Crippen MR) is 78.8 cm³/mol. The van der Waals surface area contributed by atoms with Crippen LogP contribution in [0.4, 0.5) is 0 Å². The Bertz CT molecular complexity index is 406. The van der Waals surface area contributed by atoms with Gasteiger partial charge in [0.05, 0.1) is 0 Å². The maximum absolute atomic E-state index is 3.65. The van der Waals surface area contributed by atoms with E-state index < -0.39 is 0 Å². The molecule has 0 saturated heterocycles. The Labute approximate surface area is 111 Å². The van der Waals surface area contributed by atoms with Crippen molar-refractivity contribution in [3.8, 4) is 0 Å². The number of hydrogen-bond donors (Lipinski definition) is 1. The van der Waals surface area contributed by atoms with Gasteiger partial charge in [0.1, 0.15) is 0 Å². The standard InChI is InChI=1S/C17H25N/c1-3-18-17(13-15-10-5-4-6-11-15)16-12-8-7-9-14(16)2/h7-10,12,17-18H,3-6,11,13H2,1-2H3. The zero-order chi connectivity index (χ0) is 12.8. The summed E-state index contributed by atoms with van der Waals surface area (Å²) in [6.45, 7) is 5.45. The number of allylic oxidation sites excluding steroid dienone is 1. The SMILES string of the molecule is CCNC(CC1=CCCCC1)c1ccccc1C. The van der Waals surface area contributed by atoms with E-state index >= 15 is 0 Å². The van der Waals surface area contributed by atoms with Crippen LogP contribution in [0.1, 0.15) is 56.2 Å². The lowest BCUT2D eigenvalue weighted by Gasteiger charge is -2.23. The summed E-state index contributed by atoms with van der Waals surface area (Å²) in [4.78, 5) is 0. The summed E-state index contributed by atoms with van der Waals surface area (Å²) >= 11 is 0. The van der Waals surface area contributed by atoms with Crippen LogP contribution in [-0.2, 0) is 0 Å². The van der Waals surface area contributed by atoms with E-state index in [0.717, 1.165) is 6.54 Å². The topological polar surface area (TPSA) is 12.0 Å². The maximum Gasteiger partial charge on any atom is 0.0360 e. The maximum atomic E-state index is 3.65. The Hall–Kier alpha value is -1.08. The molecule has 1 unspecified atom stereocenters. The molecule has 0 spiro atoms. The third-order valence-corrected chi connectivity index (χ3v) is 3.87. The van der Waals surface area contributed by atoms with E-state index in [2.05, 4.69) is 49.5 Å². The van der Waals surface area contributed by atoms with Crippen molar-refractivity contribution >= 4 is 0 Å².